The lowest BCUT2D eigenvalue weighted by atomic mass is 10.0. The summed E-state index contributed by atoms with van der Waals surface area (Å²) in [6, 6.07) is 4.87. The van der Waals surface area contributed by atoms with Crippen LogP contribution in [0.3, 0.4) is 0 Å². The number of anilines is 1. The highest BCUT2D eigenvalue weighted by Gasteiger charge is 2.33. The maximum absolute atomic E-state index is 12.7. The van der Waals surface area contributed by atoms with E-state index in [9.17, 15) is 22.2 Å². The third-order valence-electron chi connectivity index (χ3n) is 4.60. The average Bonchev–Trinajstić information content (AvgIpc) is 3.05. The van der Waals surface area contributed by atoms with Gasteiger partial charge in [0.2, 0.25) is 0 Å². The maximum Gasteiger partial charge on any atom is 0.430 e. The molecule has 2 atom stereocenters. The highest BCUT2D eigenvalue weighted by molar-refractivity contribution is 7.85. The second kappa shape index (κ2) is 9.62. The Morgan fingerprint density at radius 3 is 2.69 bits per heavy atom. The van der Waals surface area contributed by atoms with Crippen molar-refractivity contribution in [1.82, 2.24) is 4.90 Å². The molecular formula is C18H22ClF3N4O2S. The molecule has 0 aliphatic carbocycles. The molecule has 2 rings (SSSR count). The Morgan fingerprint density at radius 2 is 2.10 bits per heavy atom. The van der Waals surface area contributed by atoms with Crippen molar-refractivity contribution in [3.05, 3.63) is 40.6 Å². The maximum atomic E-state index is 12.7. The molecule has 1 aliphatic heterocycles. The molecule has 0 spiro atoms. The minimum absolute atomic E-state index is 0.0271. The van der Waals surface area contributed by atoms with E-state index in [2.05, 4.69) is 0 Å². The zero-order valence-corrected chi connectivity index (χ0v) is 17.0. The van der Waals surface area contributed by atoms with Crippen molar-refractivity contribution in [2.45, 2.75) is 25.6 Å². The molecular weight excluding hydrogens is 429 g/mol. The van der Waals surface area contributed by atoms with Crippen LogP contribution in [0.2, 0.25) is 5.02 Å². The number of amides is 1. The van der Waals surface area contributed by atoms with Crippen molar-refractivity contribution in [3.8, 4) is 0 Å². The van der Waals surface area contributed by atoms with Crippen LogP contribution < -0.4 is 11.5 Å². The van der Waals surface area contributed by atoms with Crippen molar-refractivity contribution >= 4 is 39.7 Å². The fourth-order valence-corrected chi connectivity index (χ4v) is 4.75. The van der Waals surface area contributed by atoms with E-state index in [0.717, 1.165) is 6.42 Å². The van der Waals surface area contributed by atoms with Gasteiger partial charge >= 0.3 is 6.18 Å². The van der Waals surface area contributed by atoms with Gasteiger partial charge in [-0.25, -0.2) is 0 Å². The molecule has 160 valence electrons. The van der Waals surface area contributed by atoms with Gasteiger partial charge in [0, 0.05) is 35.4 Å². The summed E-state index contributed by atoms with van der Waals surface area (Å²) in [7, 11) is -0.884. The lowest BCUT2D eigenvalue weighted by Crippen LogP contribution is -2.37. The molecule has 1 fully saturated rings. The van der Waals surface area contributed by atoms with Gasteiger partial charge in [-0.1, -0.05) is 23.7 Å². The Morgan fingerprint density at radius 1 is 1.41 bits per heavy atom. The van der Waals surface area contributed by atoms with Crippen molar-refractivity contribution in [3.63, 3.8) is 0 Å². The second-order valence-corrected chi connectivity index (χ2v) is 8.81. The van der Waals surface area contributed by atoms with Gasteiger partial charge < -0.3 is 16.4 Å². The summed E-state index contributed by atoms with van der Waals surface area (Å²) in [6.45, 7) is 0.147. The Bertz CT molecular complexity index is 845. The van der Waals surface area contributed by atoms with Gasteiger partial charge in [-0.3, -0.25) is 14.4 Å². The Balaban J connectivity index is 2.20. The minimum Gasteiger partial charge on any atom is -0.398 e. The zero-order valence-electron chi connectivity index (χ0n) is 15.5. The van der Waals surface area contributed by atoms with E-state index in [1.165, 1.54) is 4.90 Å². The Labute approximate surface area is 174 Å². The van der Waals surface area contributed by atoms with Crippen LogP contribution >= 0.6 is 11.6 Å². The topological polar surface area (TPSA) is 113 Å². The quantitative estimate of drug-likeness (QED) is 0.437. The average molecular weight is 451 g/mol. The highest BCUT2D eigenvalue weighted by Crippen LogP contribution is 2.26. The lowest BCUT2D eigenvalue weighted by Gasteiger charge is -2.25. The molecule has 0 saturated carbocycles. The smallest absolute Gasteiger partial charge is 0.398 e. The van der Waals surface area contributed by atoms with Gasteiger partial charge in [0.15, 0.2) is 0 Å². The van der Waals surface area contributed by atoms with Crippen LogP contribution in [0.5, 0.6) is 0 Å². The molecule has 5 N–H and O–H groups in total. The number of nitrogens with zero attached hydrogens (tertiary/aromatic N) is 1. The number of nitrogens with one attached hydrogen (secondary N) is 1. The summed E-state index contributed by atoms with van der Waals surface area (Å²) in [5.41, 5.74) is 9.11. The first kappa shape index (κ1) is 23.2. The number of hydrogen-bond donors (Lipinski definition) is 3. The molecule has 1 heterocycles. The molecule has 1 aromatic carbocycles. The number of rotatable bonds is 7. The summed E-state index contributed by atoms with van der Waals surface area (Å²) in [5.74, 6) is 0.363. The SMILES string of the molecule is N=C(C=C(N)C(F)(F)F)C(=O)N(CCC1CCS(=O)C1)Cc1cccc(N)c1Cl. The van der Waals surface area contributed by atoms with Crippen LogP contribution in [0.1, 0.15) is 18.4 Å². The monoisotopic (exact) mass is 450 g/mol. The number of hydrogen-bond acceptors (Lipinski definition) is 5. The van der Waals surface area contributed by atoms with Crippen LogP contribution in [0, 0.1) is 11.3 Å². The predicted octanol–water partition coefficient (Wildman–Crippen LogP) is 2.83. The molecule has 0 radical (unpaired) electrons. The molecule has 29 heavy (non-hydrogen) atoms. The third kappa shape index (κ3) is 6.46. The fraction of sp³-hybridized carbons (Fsp3) is 0.444. The van der Waals surface area contributed by atoms with E-state index >= 15 is 0 Å². The number of alkyl halides is 3. The Hall–Kier alpha value is -2.07. The van der Waals surface area contributed by atoms with E-state index in [1.807, 2.05) is 0 Å². The number of allylic oxidation sites excluding steroid dienone is 1. The van der Waals surface area contributed by atoms with E-state index in [0.29, 0.717) is 35.3 Å². The molecule has 1 aliphatic rings. The van der Waals surface area contributed by atoms with Gasteiger partial charge in [-0.2, -0.15) is 13.2 Å². The van der Waals surface area contributed by atoms with Gasteiger partial charge in [0.05, 0.1) is 10.7 Å². The van der Waals surface area contributed by atoms with Gasteiger partial charge in [0.1, 0.15) is 11.4 Å². The van der Waals surface area contributed by atoms with Gasteiger partial charge in [-0.05, 0) is 36.5 Å². The summed E-state index contributed by atoms with van der Waals surface area (Å²) in [5, 5.41) is 8.00. The minimum atomic E-state index is -4.83. The second-order valence-electron chi connectivity index (χ2n) is 6.81. The summed E-state index contributed by atoms with van der Waals surface area (Å²) >= 11 is 6.17. The normalized spacial score (nSPS) is 19.9. The molecule has 0 aromatic heterocycles. The molecule has 1 amide bonds. The van der Waals surface area contributed by atoms with E-state index < -0.39 is 34.3 Å². The summed E-state index contributed by atoms with van der Waals surface area (Å²) in [6.07, 6.45) is -3.25. The van der Waals surface area contributed by atoms with Crippen molar-refractivity contribution < 1.29 is 22.2 Å². The predicted molar refractivity (Wildman–Crippen MR) is 108 cm³/mol. The van der Waals surface area contributed by atoms with Gasteiger partial charge in [-0.15, -0.1) is 0 Å². The number of carbonyl (C=O) groups is 1. The number of carbonyl (C=O) groups excluding carboxylic acids is 1. The summed E-state index contributed by atoms with van der Waals surface area (Å²) in [4.78, 5) is 13.9. The van der Waals surface area contributed by atoms with Crippen LogP contribution in [0.4, 0.5) is 18.9 Å². The van der Waals surface area contributed by atoms with E-state index in [-0.39, 0.29) is 24.0 Å². The van der Waals surface area contributed by atoms with Gasteiger partial charge in [0.25, 0.3) is 5.91 Å². The van der Waals surface area contributed by atoms with Crippen LogP contribution in [-0.4, -0.2) is 45.0 Å². The molecule has 0 bridgehead atoms. The molecule has 2 unspecified atom stereocenters. The lowest BCUT2D eigenvalue weighted by molar-refractivity contribution is -0.124. The fourth-order valence-electron chi connectivity index (χ4n) is 2.94. The first-order chi connectivity index (χ1) is 13.5. The standard InChI is InChI=1S/C18H22ClF3N4O2S/c19-16-12(2-1-3-13(16)23)9-26(6-4-11-5-7-29(28)10-11)17(27)14(24)8-15(25)18(20,21)22/h1-3,8,11,24H,4-7,9-10,23,25H2. The van der Waals surface area contributed by atoms with E-state index in [1.54, 1.807) is 18.2 Å². The molecule has 1 saturated heterocycles. The number of nitrogens with two attached hydrogens (primary N) is 2. The first-order valence-corrected chi connectivity index (χ1v) is 10.7. The molecule has 1 aromatic rings. The van der Waals surface area contributed by atoms with Crippen molar-refractivity contribution in [2.24, 2.45) is 11.7 Å². The zero-order chi connectivity index (χ0) is 21.8. The third-order valence-corrected chi connectivity index (χ3v) is 6.59. The van der Waals surface area contributed by atoms with Crippen LogP contribution in [0.25, 0.3) is 0 Å². The number of halogens is 4. The van der Waals surface area contributed by atoms with E-state index in [4.69, 9.17) is 28.5 Å². The first-order valence-electron chi connectivity index (χ1n) is 8.79. The largest absolute Gasteiger partial charge is 0.430 e. The van der Waals surface area contributed by atoms with Crippen molar-refractivity contribution in [1.29, 1.82) is 5.41 Å². The van der Waals surface area contributed by atoms with Crippen molar-refractivity contribution in [2.75, 3.05) is 23.8 Å². The number of benzene rings is 1. The highest BCUT2D eigenvalue weighted by atomic mass is 35.5. The molecule has 6 nitrogen and oxygen atoms in total. The van der Waals surface area contributed by atoms with Crippen LogP contribution in [0.15, 0.2) is 30.0 Å². The summed E-state index contributed by atoms with van der Waals surface area (Å²) < 4.78 is 49.5. The van der Waals surface area contributed by atoms with Crippen LogP contribution in [-0.2, 0) is 22.1 Å². The molecule has 11 heteroatoms. The Kier molecular flexibility index (Phi) is 7.70. The number of nitrogen functional groups attached to an aromatic ring is 1.